The lowest BCUT2D eigenvalue weighted by Gasteiger charge is -2.13. The number of nitriles is 2. The summed E-state index contributed by atoms with van der Waals surface area (Å²) in [5.74, 6) is 0.274. The molecular formula is C13H11N3O. The van der Waals surface area contributed by atoms with Crippen LogP contribution in [0.25, 0.3) is 0 Å². The zero-order valence-electron chi connectivity index (χ0n) is 9.34. The fourth-order valence-corrected chi connectivity index (χ4v) is 1.80. The van der Waals surface area contributed by atoms with Gasteiger partial charge in [0.15, 0.2) is 5.57 Å². The molecule has 0 radical (unpaired) electrons. The first-order valence-electron chi connectivity index (χ1n) is 5.29. The number of nitrogens with zero attached hydrogens (tertiary/aromatic N) is 2. The van der Waals surface area contributed by atoms with E-state index in [0.29, 0.717) is 0 Å². The van der Waals surface area contributed by atoms with Gasteiger partial charge in [-0.25, -0.2) is 0 Å². The van der Waals surface area contributed by atoms with Crippen molar-refractivity contribution in [2.24, 2.45) is 0 Å². The average Bonchev–Trinajstić information content (AvgIpc) is 2.74. The first-order valence-corrected chi connectivity index (χ1v) is 5.29. The standard InChI is InChI=1S/C13H11N3O/c1-9-12(10-5-3-2-4-6-10)17-13(16-9)11(7-14)8-15/h2-6,9,12,16H,1H3. The molecule has 0 bridgehead atoms. The van der Waals surface area contributed by atoms with E-state index in [1.54, 1.807) is 0 Å². The van der Waals surface area contributed by atoms with E-state index >= 15 is 0 Å². The molecular weight excluding hydrogens is 214 g/mol. The minimum atomic E-state index is -0.164. The van der Waals surface area contributed by atoms with Gasteiger partial charge in [0.1, 0.15) is 18.2 Å². The molecule has 1 aliphatic rings. The summed E-state index contributed by atoms with van der Waals surface area (Å²) in [5.41, 5.74) is 1.01. The van der Waals surface area contributed by atoms with Crippen molar-refractivity contribution in [3.05, 3.63) is 47.4 Å². The third kappa shape index (κ3) is 2.07. The van der Waals surface area contributed by atoms with E-state index in [9.17, 15) is 0 Å². The largest absolute Gasteiger partial charge is 0.467 e. The molecule has 4 nitrogen and oxygen atoms in total. The summed E-state index contributed by atoms with van der Waals surface area (Å²) >= 11 is 0. The molecule has 1 aromatic rings. The normalized spacial score (nSPS) is 21.9. The second-order valence-corrected chi connectivity index (χ2v) is 3.81. The summed E-state index contributed by atoms with van der Waals surface area (Å²) in [6.07, 6.45) is -0.164. The van der Waals surface area contributed by atoms with Crippen molar-refractivity contribution in [2.75, 3.05) is 0 Å². The molecule has 1 N–H and O–H groups in total. The molecule has 2 atom stereocenters. The van der Waals surface area contributed by atoms with Gasteiger partial charge in [-0.2, -0.15) is 10.5 Å². The van der Waals surface area contributed by atoms with Gasteiger partial charge in [0.05, 0.1) is 6.04 Å². The van der Waals surface area contributed by atoms with Crippen molar-refractivity contribution in [3.63, 3.8) is 0 Å². The van der Waals surface area contributed by atoms with Gasteiger partial charge < -0.3 is 10.1 Å². The van der Waals surface area contributed by atoms with Crippen LogP contribution in [0.4, 0.5) is 0 Å². The first kappa shape index (κ1) is 11.0. The Labute approximate surface area is 99.7 Å². The molecule has 84 valence electrons. The molecule has 0 spiro atoms. The van der Waals surface area contributed by atoms with E-state index in [-0.39, 0.29) is 23.6 Å². The number of hydrogen-bond acceptors (Lipinski definition) is 4. The minimum Gasteiger partial charge on any atom is -0.467 e. The topological polar surface area (TPSA) is 68.8 Å². The van der Waals surface area contributed by atoms with Crippen molar-refractivity contribution in [1.29, 1.82) is 10.5 Å². The third-order valence-corrected chi connectivity index (χ3v) is 2.64. The van der Waals surface area contributed by atoms with Crippen molar-refractivity contribution < 1.29 is 4.74 Å². The summed E-state index contributed by atoms with van der Waals surface area (Å²) in [6, 6.07) is 13.4. The van der Waals surface area contributed by atoms with E-state index in [2.05, 4.69) is 5.32 Å². The van der Waals surface area contributed by atoms with Crippen molar-refractivity contribution in [3.8, 4) is 12.1 Å². The summed E-state index contributed by atoms with van der Waals surface area (Å²) in [6.45, 7) is 1.96. The zero-order valence-corrected chi connectivity index (χ0v) is 9.34. The van der Waals surface area contributed by atoms with Crippen LogP contribution in [-0.2, 0) is 4.74 Å². The number of hydrogen-bond donors (Lipinski definition) is 1. The Morgan fingerprint density at radius 2 is 1.88 bits per heavy atom. The predicted octanol–water partition coefficient (Wildman–Crippen LogP) is 1.99. The van der Waals surface area contributed by atoms with Gasteiger partial charge in [-0.05, 0) is 12.5 Å². The Balaban J connectivity index is 2.29. The van der Waals surface area contributed by atoms with Gasteiger partial charge in [-0.15, -0.1) is 0 Å². The highest BCUT2D eigenvalue weighted by Crippen LogP contribution is 2.30. The molecule has 0 aromatic heterocycles. The summed E-state index contributed by atoms with van der Waals surface area (Å²) in [4.78, 5) is 0. The molecule has 1 aliphatic heterocycles. The predicted molar refractivity (Wildman–Crippen MR) is 61.1 cm³/mol. The van der Waals surface area contributed by atoms with Crippen LogP contribution >= 0.6 is 0 Å². The summed E-state index contributed by atoms with van der Waals surface area (Å²) in [7, 11) is 0. The minimum absolute atomic E-state index is 0.0183. The van der Waals surface area contributed by atoms with Crippen molar-refractivity contribution >= 4 is 0 Å². The summed E-state index contributed by atoms with van der Waals surface area (Å²) in [5, 5.41) is 20.6. The van der Waals surface area contributed by atoms with Crippen molar-refractivity contribution in [1.82, 2.24) is 5.32 Å². The maximum atomic E-state index is 8.78. The lowest BCUT2D eigenvalue weighted by atomic mass is 10.0. The maximum Gasteiger partial charge on any atom is 0.217 e. The van der Waals surface area contributed by atoms with E-state index in [0.717, 1.165) is 5.56 Å². The van der Waals surface area contributed by atoms with E-state index in [1.807, 2.05) is 49.4 Å². The van der Waals surface area contributed by atoms with Crippen LogP contribution in [-0.4, -0.2) is 6.04 Å². The maximum absolute atomic E-state index is 8.78. The number of nitrogens with one attached hydrogen (secondary N) is 1. The molecule has 0 saturated carbocycles. The van der Waals surface area contributed by atoms with Gasteiger partial charge in [-0.1, -0.05) is 30.3 Å². The van der Waals surface area contributed by atoms with E-state index < -0.39 is 0 Å². The molecule has 2 rings (SSSR count). The highest BCUT2D eigenvalue weighted by atomic mass is 16.5. The molecule has 17 heavy (non-hydrogen) atoms. The van der Waals surface area contributed by atoms with Crippen LogP contribution in [0.5, 0.6) is 0 Å². The molecule has 4 heteroatoms. The molecule has 1 saturated heterocycles. The smallest absolute Gasteiger partial charge is 0.217 e. The van der Waals surface area contributed by atoms with Crippen LogP contribution in [0.2, 0.25) is 0 Å². The molecule has 1 fully saturated rings. The number of benzene rings is 1. The SMILES string of the molecule is CC1NC(=C(C#N)C#N)OC1c1ccccc1. The van der Waals surface area contributed by atoms with Gasteiger partial charge in [0, 0.05) is 0 Å². The molecule has 1 aromatic carbocycles. The lowest BCUT2D eigenvalue weighted by Crippen LogP contribution is -2.21. The molecule has 1 heterocycles. The van der Waals surface area contributed by atoms with Gasteiger partial charge in [0.2, 0.25) is 5.88 Å². The monoisotopic (exact) mass is 225 g/mol. The first-order chi connectivity index (χ1) is 8.26. The van der Waals surface area contributed by atoms with Gasteiger partial charge in [-0.3, -0.25) is 0 Å². The fourth-order valence-electron chi connectivity index (χ4n) is 1.80. The Morgan fingerprint density at radius 1 is 1.24 bits per heavy atom. The second-order valence-electron chi connectivity index (χ2n) is 3.81. The quantitative estimate of drug-likeness (QED) is 0.742. The van der Waals surface area contributed by atoms with Gasteiger partial charge in [0.25, 0.3) is 0 Å². The van der Waals surface area contributed by atoms with E-state index in [4.69, 9.17) is 15.3 Å². The highest BCUT2D eigenvalue weighted by Gasteiger charge is 2.31. The van der Waals surface area contributed by atoms with Crippen molar-refractivity contribution in [2.45, 2.75) is 19.1 Å². The Hall–Kier alpha value is -2.46. The fraction of sp³-hybridized carbons (Fsp3) is 0.231. The van der Waals surface area contributed by atoms with E-state index in [1.165, 1.54) is 0 Å². The van der Waals surface area contributed by atoms with Crippen LogP contribution in [0, 0.1) is 22.7 Å². The molecule has 0 amide bonds. The van der Waals surface area contributed by atoms with Crippen LogP contribution in [0.3, 0.4) is 0 Å². The average molecular weight is 225 g/mol. The Bertz CT molecular complexity index is 506. The second kappa shape index (κ2) is 4.59. The molecule has 0 aliphatic carbocycles. The zero-order chi connectivity index (χ0) is 12.3. The number of rotatable bonds is 1. The van der Waals surface area contributed by atoms with Crippen LogP contribution in [0.1, 0.15) is 18.6 Å². The number of ether oxygens (including phenoxy) is 1. The Morgan fingerprint density at radius 3 is 2.47 bits per heavy atom. The van der Waals surface area contributed by atoms with Crippen LogP contribution in [0.15, 0.2) is 41.8 Å². The Kier molecular flexibility index (Phi) is 2.98. The lowest BCUT2D eigenvalue weighted by molar-refractivity contribution is 0.154. The molecule has 2 unspecified atom stereocenters. The third-order valence-electron chi connectivity index (χ3n) is 2.64. The summed E-state index contributed by atoms with van der Waals surface area (Å²) < 4.78 is 5.63. The number of allylic oxidation sites excluding steroid dienone is 1. The van der Waals surface area contributed by atoms with Crippen LogP contribution < -0.4 is 5.32 Å². The highest BCUT2D eigenvalue weighted by molar-refractivity contribution is 5.39. The van der Waals surface area contributed by atoms with Gasteiger partial charge >= 0.3 is 0 Å².